The summed E-state index contributed by atoms with van der Waals surface area (Å²) < 4.78 is 5.25. The Morgan fingerprint density at radius 2 is 1.77 bits per heavy atom. The molecule has 0 saturated carbocycles. The number of imide groups is 1. The monoisotopic (exact) mass is 353 g/mol. The quantitative estimate of drug-likeness (QED) is 0.874. The fraction of sp³-hybridized carbons (Fsp3) is 0.263. The molecule has 0 spiro atoms. The molecular formula is C19H19N3O4. The minimum Gasteiger partial charge on any atom is -0.508 e. The van der Waals surface area contributed by atoms with E-state index in [9.17, 15) is 14.7 Å². The lowest BCUT2D eigenvalue weighted by Crippen LogP contribution is -2.59. The number of phenolic OH excluding ortho intramolecular Hbond substituents is 1. The number of rotatable bonds is 3. The molecule has 134 valence electrons. The van der Waals surface area contributed by atoms with Gasteiger partial charge in [0, 0.05) is 37.1 Å². The van der Waals surface area contributed by atoms with Gasteiger partial charge in [0.1, 0.15) is 5.75 Å². The van der Waals surface area contributed by atoms with Crippen molar-refractivity contribution in [3.63, 3.8) is 0 Å². The van der Waals surface area contributed by atoms with Crippen LogP contribution in [0.25, 0.3) is 0 Å². The van der Waals surface area contributed by atoms with Gasteiger partial charge in [0.15, 0.2) is 0 Å². The van der Waals surface area contributed by atoms with Crippen LogP contribution in [0.5, 0.6) is 5.75 Å². The minimum absolute atomic E-state index is 0.152. The number of anilines is 2. The van der Waals surface area contributed by atoms with Gasteiger partial charge in [-0.2, -0.15) is 0 Å². The van der Waals surface area contributed by atoms with Crippen LogP contribution in [0, 0.1) is 0 Å². The summed E-state index contributed by atoms with van der Waals surface area (Å²) >= 11 is 0. The molecule has 2 heterocycles. The van der Waals surface area contributed by atoms with E-state index in [0.717, 1.165) is 17.9 Å². The Morgan fingerprint density at radius 1 is 1.00 bits per heavy atom. The number of carbonyl (C=O) groups is 2. The highest BCUT2D eigenvalue weighted by Gasteiger charge is 2.44. The predicted molar refractivity (Wildman–Crippen MR) is 96.3 cm³/mol. The maximum atomic E-state index is 12.2. The molecule has 7 heteroatoms. The smallest absolute Gasteiger partial charge is 0.414 e. The topological polar surface area (TPSA) is 82.1 Å². The molecule has 2 atom stereocenters. The van der Waals surface area contributed by atoms with Gasteiger partial charge in [-0.15, -0.1) is 0 Å². The fourth-order valence-electron chi connectivity index (χ4n) is 3.56. The zero-order valence-electron chi connectivity index (χ0n) is 14.0. The van der Waals surface area contributed by atoms with Gasteiger partial charge in [0.05, 0.1) is 6.04 Å². The Bertz CT molecular complexity index is 827. The van der Waals surface area contributed by atoms with Crippen molar-refractivity contribution < 1.29 is 19.4 Å². The molecular weight excluding hydrogens is 334 g/mol. The second-order valence-electron chi connectivity index (χ2n) is 6.38. The van der Waals surface area contributed by atoms with Crippen molar-refractivity contribution in [3.05, 3.63) is 54.6 Å². The van der Waals surface area contributed by atoms with E-state index >= 15 is 0 Å². The number of ether oxygens (including phenoxy) is 1. The number of nitrogens with zero attached hydrogens (tertiary/aromatic N) is 2. The van der Waals surface area contributed by atoms with E-state index in [-0.39, 0.29) is 11.8 Å². The van der Waals surface area contributed by atoms with Gasteiger partial charge in [-0.05, 0) is 24.3 Å². The Labute approximate surface area is 150 Å². The van der Waals surface area contributed by atoms with Crippen LogP contribution in [0.15, 0.2) is 54.6 Å². The van der Waals surface area contributed by atoms with Crippen LogP contribution in [0.2, 0.25) is 0 Å². The van der Waals surface area contributed by atoms with Crippen LogP contribution in [0.1, 0.15) is 0 Å². The SMILES string of the molecule is O=C1NC(=O)C(C2CN(c3ccccc3)CCN2c2cccc(O)c2)O1. The van der Waals surface area contributed by atoms with Gasteiger partial charge < -0.3 is 19.6 Å². The van der Waals surface area contributed by atoms with E-state index in [0.29, 0.717) is 13.1 Å². The molecule has 4 rings (SSSR count). The van der Waals surface area contributed by atoms with Crippen molar-refractivity contribution in [3.8, 4) is 5.75 Å². The lowest BCUT2D eigenvalue weighted by atomic mass is 10.0. The second-order valence-corrected chi connectivity index (χ2v) is 6.38. The van der Waals surface area contributed by atoms with Crippen LogP contribution in [-0.4, -0.2) is 48.9 Å². The number of aromatic hydroxyl groups is 1. The highest BCUT2D eigenvalue weighted by molar-refractivity contribution is 6.00. The van der Waals surface area contributed by atoms with E-state index in [1.165, 1.54) is 0 Å². The van der Waals surface area contributed by atoms with Crippen LogP contribution in [0.4, 0.5) is 16.2 Å². The first-order valence-electron chi connectivity index (χ1n) is 8.49. The van der Waals surface area contributed by atoms with Crippen molar-refractivity contribution in [2.75, 3.05) is 29.4 Å². The number of carbonyl (C=O) groups excluding carboxylic acids is 2. The van der Waals surface area contributed by atoms with Gasteiger partial charge in [-0.1, -0.05) is 24.3 Å². The van der Waals surface area contributed by atoms with E-state index < -0.39 is 18.1 Å². The summed E-state index contributed by atoms with van der Waals surface area (Å²) in [5.41, 5.74) is 1.84. The summed E-state index contributed by atoms with van der Waals surface area (Å²) in [4.78, 5) is 27.9. The molecule has 2 fully saturated rings. The molecule has 0 bridgehead atoms. The molecule has 0 aliphatic carbocycles. The molecule has 2 N–H and O–H groups in total. The third-order valence-electron chi connectivity index (χ3n) is 4.77. The zero-order valence-corrected chi connectivity index (χ0v) is 14.0. The van der Waals surface area contributed by atoms with Gasteiger partial charge >= 0.3 is 6.09 Å². The minimum atomic E-state index is -0.892. The van der Waals surface area contributed by atoms with Crippen LogP contribution in [0.3, 0.4) is 0 Å². The zero-order chi connectivity index (χ0) is 18.1. The maximum Gasteiger partial charge on any atom is 0.414 e. The average molecular weight is 353 g/mol. The number of amides is 2. The lowest BCUT2D eigenvalue weighted by molar-refractivity contribution is -0.124. The maximum absolute atomic E-state index is 12.2. The van der Waals surface area contributed by atoms with Crippen molar-refractivity contribution >= 4 is 23.4 Å². The first-order chi connectivity index (χ1) is 12.6. The average Bonchev–Trinajstić information content (AvgIpc) is 3.00. The molecule has 2 unspecified atom stereocenters. The summed E-state index contributed by atoms with van der Waals surface area (Å²) in [6.07, 6.45) is -1.61. The van der Waals surface area contributed by atoms with Gasteiger partial charge in [0.2, 0.25) is 6.10 Å². The van der Waals surface area contributed by atoms with E-state index in [2.05, 4.69) is 10.2 Å². The van der Waals surface area contributed by atoms with Crippen molar-refractivity contribution in [1.82, 2.24) is 5.32 Å². The number of phenols is 1. The lowest BCUT2D eigenvalue weighted by Gasteiger charge is -2.44. The Morgan fingerprint density at radius 3 is 2.46 bits per heavy atom. The molecule has 2 aromatic carbocycles. The number of para-hydroxylation sites is 1. The molecule has 2 aliphatic rings. The van der Waals surface area contributed by atoms with Gasteiger partial charge in [0.25, 0.3) is 5.91 Å². The second kappa shape index (κ2) is 6.59. The number of hydrogen-bond acceptors (Lipinski definition) is 6. The molecule has 7 nitrogen and oxygen atoms in total. The van der Waals surface area contributed by atoms with Crippen molar-refractivity contribution in [1.29, 1.82) is 0 Å². The highest BCUT2D eigenvalue weighted by Crippen LogP contribution is 2.29. The predicted octanol–water partition coefficient (Wildman–Crippen LogP) is 1.72. The molecule has 0 radical (unpaired) electrons. The van der Waals surface area contributed by atoms with E-state index in [1.807, 2.05) is 41.3 Å². The number of alkyl carbamates (subject to hydrolysis) is 1. The van der Waals surface area contributed by atoms with Gasteiger partial charge in [-0.3, -0.25) is 10.1 Å². The molecule has 2 amide bonds. The largest absolute Gasteiger partial charge is 0.508 e. The number of cyclic esters (lactones) is 1. The van der Waals surface area contributed by atoms with E-state index in [4.69, 9.17) is 4.74 Å². The third-order valence-corrected chi connectivity index (χ3v) is 4.77. The number of hydrogen-bond donors (Lipinski definition) is 2. The summed E-state index contributed by atoms with van der Waals surface area (Å²) in [6, 6.07) is 16.4. The molecule has 26 heavy (non-hydrogen) atoms. The molecule has 2 aliphatic heterocycles. The van der Waals surface area contributed by atoms with Crippen LogP contribution >= 0.6 is 0 Å². The van der Waals surface area contributed by atoms with Crippen molar-refractivity contribution in [2.45, 2.75) is 12.1 Å². The third kappa shape index (κ3) is 3.03. The van der Waals surface area contributed by atoms with Crippen LogP contribution in [-0.2, 0) is 9.53 Å². The Kier molecular flexibility index (Phi) is 4.12. The first-order valence-corrected chi connectivity index (χ1v) is 8.49. The molecule has 0 aromatic heterocycles. The number of piperazine rings is 1. The number of nitrogens with one attached hydrogen (secondary N) is 1. The fourth-order valence-corrected chi connectivity index (χ4v) is 3.56. The van der Waals surface area contributed by atoms with Gasteiger partial charge in [-0.25, -0.2) is 4.79 Å². The summed E-state index contributed by atoms with van der Waals surface area (Å²) in [5, 5.41) is 12.0. The molecule has 2 aromatic rings. The van der Waals surface area contributed by atoms with E-state index in [1.54, 1.807) is 18.2 Å². The summed E-state index contributed by atoms with van der Waals surface area (Å²) in [7, 11) is 0. The van der Waals surface area contributed by atoms with Crippen LogP contribution < -0.4 is 15.1 Å². The normalized spacial score (nSPS) is 22.9. The van der Waals surface area contributed by atoms with Crippen molar-refractivity contribution in [2.24, 2.45) is 0 Å². The standard InChI is InChI=1S/C19H19N3O4/c23-15-8-4-7-14(11-15)22-10-9-21(13-5-2-1-3-6-13)12-16(22)17-18(24)20-19(25)26-17/h1-8,11,16-17,23H,9-10,12H2,(H,20,24,25). The molecule has 2 saturated heterocycles. The highest BCUT2D eigenvalue weighted by atomic mass is 16.6. The summed E-state index contributed by atoms with van der Waals surface area (Å²) in [5.74, 6) is -0.278. The Balaban J connectivity index is 1.66. The number of benzene rings is 2. The first kappa shape index (κ1) is 16.3. The summed E-state index contributed by atoms with van der Waals surface area (Å²) in [6.45, 7) is 1.90. The Hall–Kier alpha value is -3.22.